The third kappa shape index (κ3) is 5.11. The van der Waals surface area contributed by atoms with Crippen molar-refractivity contribution in [2.75, 3.05) is 0 Å². The number of halogens is 1. The van der Waals surface area contributed by atoms with Crippen molar-refractivity contribution in [1.29, 1.82) is 0 Å². The minimum Gasteiger partial charge on any atom is -0.478 e. The van der Waals surface area contributed by atoms with Crippen LogP contribution < -0.4 is 0 Å². The van der Waals surface area contributed by atoms with E-state index in [4.69, 9.17) is 10.2 Å². The van der Waals surface area contributed by atoms with E-state index in [0.29, 0.717) is 6.08 Å². The van der Waals surface area contributed by atoms with Crippen molar-refractivity contribution < 1.29 is 19.8 Å². The van der Waals surface area contributed by atoms with Gasteiger partial charge >= 0.3 is 11.9 Å². The molecular weight excluding hydrogens is 160 g/mol. The first kappa shape index (κ1) is 11.7. The maximum atomic E-state index is 9.90. The van der Waals surface area contributed by atoms with Crippen molar-refractivity contribution in [3.8, 4) is 0 Å². The Balaban J connectivity index is 0. The predicted octanol–water partition coefficient (Wildman–Crippen LogP) is 0.524. The van der Waals surface area contributed by atoms with Gasteiger partial charge in [-0.2, -0.15) is 0 Å². The summed E-state index contributed by atoms with van der Waals surface area (Å²) in [5, 5.41) is 16.1. The Morgan fingerprint density at radius 3 is 1.80 bits per heavy atom. The van der Waals surface area contributed by atoms with Crippen LogP contribution in [0.25, 0.3) is 0 Å². The molecule has 0 aliphatic rings. The molecule has 0 spiro atoms. The predicted molar refractivity (Wildman–Crippen MR) is 36.3 cm³/mol. The van der Waals surface area contributed by atoms with Gasteiger partial charge in [0.25, 0.3) is 0 Å². The molecule has 2 N–H and O–H groups in total. The van der Waals surface area contributed by atoms with Crippen molar-refractivity contribution in [3.63, 3.8) is 0 Å². The van der Waals surface area contributed by atoms with Gasteiger partial charge in [-0.3, -0.25) is 0 Å². The van der Waals surface area contributed by atoms with Gasteiger partial charge < -0.3 is 10.2 Å². The number of carboxylic acids is 2. The zero-order chi connectivity index (χ0) is 7.44. The van der Waals surface area contributed by atoms with Crippen LogP contribution in [0.2, 0.25) is 0 Å². The van der Waals surface area contributed by atoms with Gasteiger partial charge in [0, 0.05) is 11.6 Å². The number of carboxylic acid groups (broad SMARTS) is 2. The molecule has 0 unspecified atom stereocenters. The number of aliphatic carboxylic acids is 2. The third-order valence-electron chi connectivity index (χ3n) is 0.677. The summed E-state index contributed by atoms with van der Waals surface area (Å²) < 4.78 is 0. The number of rotatable bonds is 2. The van der Waals surface area contributed by atoms with Gasteiger partial charge in [0.15, 0.2) is 0 Å². The summed E-state index contributed by atoms with van der Waals surface area (Å²) in [6.07, 6.45) is 0.641. The normalized spacial score (nSPS) is 9.90. The van der Waals surface area contributed by atoms with Crippen molar-refractivity contribution in [2.45, 2.75) is 6.92 Å². The quantitative estimate of drug-likeness (QED) is 0.587. The second-order valence-corrected chi connectivity index (χ2v) is 1.47. The molecule has 0 aliphatic carbocycles. The van der Waals surface area contributed by atoms with Crippen LogP contribution in [0.5, 0.6) is 0 Å². The molecule has 0 aromatic carbocycles. The molecule has 0 aliphatic heterocycles. The topological polar surface area (TPSA) is 74.6 Å². The Morgan fingerprint density at radius 1 is 1.30 bits per heavy atom. The Bertz CT molecular complexity index is 172. The fraction of sp³-hybridized carbons (Fsp3) is 0.200. The van der Waals surface area contributed by atoms with Crippen LogP contribution in [0, 0.1) is 0 Å². The van der Waals surface area contributed by atoms with Crippen molar-refractivity contribution in [2.24, 2.45) is 0 Å². The SMILES string of the molecule is CC(=CC(=O)O)C(=O)O.Cl. The molecule has 0 bridgehead atoms. The van der Waals surface area contributed by atoms with Crippen LogP contribution in [-0.2, 0) is 9.59 Å². The Morgan fingerprint density at radius 2 is 1.70 bits per heavy atom. The van der Waals surface area contributed by atoms with Gasteiger partial charge in [-0.1, -0.05) is 0 Å². The van der Waals surface area contributed by atoms with Crippen molar-refractivity contribution >= 4 is 24.3 Å². The molecule has 0 rings (SSSR count). The second kappa shape index (κ2) is 4.81. The molecule has 0 aromatic rings. The van der Waals surface area contributed by atoms with E-state index in [2.05, 4.69) is 0 Å². The molecule has 4 nitrogen and oxygen atoms in total. The Labute approximate surface area is 63.6 Å². The van der Waals surface area contributed by atoms with Crippen LogP contribution in [-0.4, -0.2) is 22.2 Å². The average Bonchev–Trinajstić information content (AvgIpc) is 1.63. The monoisotopic (exact) mass is 166 g/mol. The fourth-order valence-corrected chi connectivity index (χ4v) is 0.247. The van der Waals surface area contributed by atoms with Gasteiger partial charge in [0.2, 0.25) is 0 Å². The number of hydrogen-bond donors (Lipinski definition) is 2. The lowest BCUT2D eigenvalue weighted by Gasteiger charge is -1.86. The molecule has 0 atom stereocenters. The summed E-state index contributed by atoms with van der Waals surface area (Å²) in [4.78, 5) is 19.7. The largest absolute Gasteiger partial charge is 0.478 e. The summed E-state index contributed by atoms with van der Waals surface area (Å²) >= 11 is 0. The lowest BCUT2D eigenvalue weighted by Crippen LogP contribution is -1.99. The van der Waals surface area contributed by atoms with Crippen LogP contribution in [0.3, 0.4) is 0 Å². The van der Waals surface area contributed by atoms with Crippen LogP contribution in [0.4, 0.5) is 0 Å². The molecule has 0 fully saturated rings. The zero-order valence-corrected chi connectivity index (χ0v) is 6.01. The fourth-order valence-electron chi connectivity index (χ4n) is 0.247. The standard InChI is InChI=1S/C5H6O4.ClH/c1-3(5(8)9)2-4(6)7;/h2H,1H3,(H,6,7)(H,8,9);1H. The molecule has 5 heteroatoms. The van der Waals surface area contributed by atoms with Crippen LogP contribution >= 0.6 is 12.4 Å². The van der Waals surface area contributed by atoms with Crippen molar-refractivity contribution in [1.82, 2.24) is 0 Å². The van der Waals surface area contributed by atoms with E-state index in [0.717, 1.165) is 0 Å². The van der Waals surface area contributed by atoms with Gasteiger partial charge in [0.05, 0.1) is 0 Å². The summed E-state index contributed by atoms with van der Waals surface area (Å²) in [5.41, 5.74) is -0.178. The average molecular weight is 167 g/mol. The molecule has 58 valence electrons. The molecule has 0 saturated carbocycles. The second-order valence-electron chi connectivity index (χ2n) is 1.47. The van der Waals surface area contributed by atoms with E-state index in [9.17, 15) is 9.59 Å². The highest BCUT2D eigenvalue weighted by Crippen LogP contribution is 1.89. The summed E-state index contributed by atoms with van der Waals surface area (Å²) in [5.74, 6) is -2.45. The lowest BCUT2D eigenvalue weighted by molar-refractivity contribution is -0.135. The molecule has 0 radical (unpaired) electrons. The minimum absolute atomic E-state index is 0. The van der Waals surface area contributed by atoms with Crippen molar-refractivity contribution in [3.05, 3.63) is 11.6 Å². The van der Waals surface area contributed by atoms with Gasteiger partial charge in [-0.05, 0) is 6.92 Å². The summed E-state index contributed by atoms with van der Waals surface area (Å²) in [6, 6.07) is 0. The van der Waals surface area contributed by atoms with E-state index in [1.165, 1.54) is 6.92 Å². The number of carbonyl (C=O) groups is 2. The van der Waals surface area contributed by atoms with E-state index in [1.807, 2.05) is 0 Å². The first-order chi connectivity index (χ1) is 4.04. The van der Waals surface area contributed by atoms with E-state index < -0.39 is 11.9 Å². The van der Waals surface area contributed by atoms with Crippen LogP contribution in [0.1, 0.15) is 6.92 Å². The highest BCUT2D eigenvalue weighted by molar-refractivity contribution is 5.93. The lowest BCUT2D eigenvalue weighted by atomic mass is 10.3. The van der Waals surface area contributed by atoms with E-state index in [-0.39, 0.29) is 18.0 Å². The first-order valence-corrected chi connectivity index (χ1v) is 2.18. The van der Waals surface area contributed by atoms with Crippen LogP contribution in [0.15, 0.2) is 11.6 Å². The third-order valence-corrected chi connectivity index (χ3v) is 0.677. The molecule has 0 heterocycles. The Kier molecular flexibility index (Phi) is 5.64. The molecular formula is C5H7ClO4. The maximum Gasteiger partial charge on any atom is 0.331 e. The first-order valence-electron chi connectivity index (χ1n) is 2.18. The van der Waals surface area contributed by atoms with Gasteiger partial charge in [-0.15, -0.1) is 12.4 Å². The summed E-state index contributed by atoms with van der Waals surface area (Å²) in [6.45, 7) is 1.22. The number of hydrogen-bond acceptors (Lipinski definition) is 2. The highest BCUT2D eigenvalue weighted by Gasteiger charge is 2.00. The summed E-state index contributed by atoms with van der Waals surface area (Å²) in [7, 11) is 0. The maximum absolute atomic E-state index is 9.90. The highest BCUT2D eigenvalue weighted by atomic mass is 35.5. The smallest absolute Gasteiger partial charge is 0.331 e. The zero-order valence-electron chi connectivity index (χ0n) is 5.20. The molecule has 0 aromatic heterocycles. The van der Waals surface area contributed by atoms with Gasteiger partial charge in [-0.25, -0.2) is 9.59 Å². The molecule has 0 saturated heterocycles. The molecule has 0 amide bonds. The molecule has 10 heavy (non-hydrogen) atoms. The minimum atomic E-state index is -1.24. The van der Waals surface area contributed by atoms with Gasteiger partial charge in [0.1, 0.15) is 0 Å². The van der Waals surface area contributed by atoms with E-state index >= 15 is 0 Å². The Hall–Kier alpha value is -1.03. The van der Waals surface area contributed by atoms with E-state index in [1.54, 1.807) is 0 Å².